The SMILES string of the molecule is O=S(=O)(NC1CCNC1)c1ccc(F)cc1Cl. The zero-order chi connectivity index (χ0) is 12.5. The lowest BCUT2D eigenvalue weighted by atomic mass is 10.3. The first-order chi connectivity index (χ1) is 7.99. The number of nitrogens with one attached hydrogen (secondary N) is 2. The van der Waals surface area contributed by atoms with Crippen molar-refractivity contribution in [2.45, 2.75) is 17.4 Å². The van der Waals surface area contributed by atoms with Gasteiger partial charge in [-0.1, -0.05) is 11.6 Å². The van der Waals surface area contributed by atoms with Gasteiger partial charge in [-0.2, -0.15) is 0 Å². The van der Waals surface area contributed by atoms with Crippen molar-refractivity contribution in [1.82, 2.24) is 10.0 Å². The normalized spacial score (nSPS) is 20.7. The van der Waals surface area contributed by atoms with Crippen molar-refractivity contribution in [1.29, 1.82) is 0 Å². The highest BCUT2D eigenvalue weighted by Gasteiger charge is 2.24. The minimum absolute atomic E-state index is 0.0903. The summed E-state index contributed by atoms with van der Waals surface area (Å²) in [5.41, 5.74) is 0. The summed E-state index contributed by atoms with van der Waals surface area (Å²) in [6.45, 7) is 1.38. The van der Waals surface area contributed by atoms with E-state index in [9.17, 15) is 12.8 Å². The van der Waals surface area contributed by atoms with Crippen LogP contribution in [0.1, 0.15) is 6.42 Å². The van der Waals surface area contributed by atoms with E-state index >= 15 is 0 Å². The fourth-order valence-electron chi connectivity index (χ4n) is 1.73. The Hall–Kier alpha value is -0.690. The average molecular weight is 279 g/mol. The van der Waals surface area contributed by atoms with Crippen molar-refractivity contribution in [2.75, 3.05) is 13.1 Å². The highest BCUT2D eigenvalue weighted by molar-refractivity contribution is 7.89. The molecule has 94 valence electrons. The maximum absolute atomic E-state index is 12.8. The minimum Gasteiger partial charge on any atom is -0.315 e. The van der Waals surface area contributed by atoms with Crippen LogP contribution in [-0.2, 0) is 10.0 Å². The van der Waals surface area contributed by atoms with E-state index in [1.807, 2.05) is 0 Å². The van der Waals surface area contributed by atoms with E-state index in [1.165, 1.54) is 6.07 Å². The van der Waals surface area contributed by atoms with Crippen molar-refractivity contribution in [3.8, 4) is 0 Å². The van der Waals surface area contributed by atoms with Crippen LogP contribution in [0.2, 0.25) is 5.02 Å². The molecule has 1 saturated heterocycles. The summed E-state index contributed by atoms with van der Waals surface area (Å²) in [6, 6.07) is 3.10. The number of hydrogen-bond acceptors (Lipinski definition) is 3. The molecule has 0 spiro atoms. The van der Waals surface area contributed by atoms with E-state index in [4.69, 9.17) is 11.6 Å². The largest absolute Gasteiger partial charge is 0.315 e. The van der Waals surface area contributed by atoms with Gasteiger partial charge in [0.2, 0.25) is 10.0 Å². The van der Waals surface area contributed by atoms with Crippen LogP contribution in [0.25, 0.3) is 0 Å². The number of benzene rings is 1. The first-order valence-corrected chi connectivity index (χ1v) is 7.03. The van der Waals surface area contributed by atoms with Gasteiger partial charge in [0.1, 0.15) is 10.7 Å². The monoisotopic (exact) mass is 278 g/mol. The summed E-state index contributed by atoms with van der Waals surface area (Å²) < 4.78 is 39.3. The minimum atomic E-state index is -3.68. The summed E-state index contributed by atoms with van der Waals surface area (Å²) in [5.74, 6) is -0.559. The molecule has 1 heterocycles. The molecular weight excluding hydrogens is 267 g/mol. The second-order valence-corrected chi connectivity index (χ2v) is 5.98. The molecule has 7 heteroatoms. The van der Waals surface area contributed by atoms with Gasteiger partial charge in [-0.15, -0.1) is 0 Å². The summed E-state index contributed by atoms with van der Waals surface area (Å²) in [5, 5.41) is 2.94. The lowest BCUT2D eigenvalue weighted by molar-refractivity contribution is 0.559. The maximum atomic E-state index is 12.8. The highest BCUT2D eigenvalue weighted by atomic mass is 35.5. The van der Waals surface area contributed by atoms with Crippen LogP contribution in [-0.4, -0.2) is 27.5 Å². The predicted molar refractivity (Wildman–Crippen MR) is 63.0 cm³/mol. The highest BCUT2D eigenvalue weighted by Crippen LogP contribution is 2.22. The third kappa shape index (κ3) is 2.95. The van der Waals surface area contributed by atoms with Gasteiger partial charge >= 0.3 is 0 Å². The van der Waals surface area contributed by atoms with Crippen molar-refractivity contribution < 1.29 is 12.8 Å². The van der Waals surface area contributed by atoms with Crippen molar-refractivity contribution >= 4 is 21.6 Å². The fourth-order valence-corrected chi connectivity index (χ4v) is 3.53. The molecule has 1 unspecified atom stereocenters. The van der Waals surface area contributed by atoms with E-state index in [1.54, 1.807) is 0 Å². The summed E-state index contributed by atoms with van der Waals surface area (Å²) in [7, 11) is -3.68. The Balaban J connectivity index is 2.24. The quantitative estimate of drug-likeness (QED) is 0.871. The van der Waals surface area contributed by atoms with Crippen LogP contribution < -0.4 is 10.0 Å². The van der Waals surface area contributed by atoms with Gasteiger partial charge in [0.05, 0.1) is 5.02 Å². The Morgan fingerprint density at radius 3 is 2.82 bits per heavy atom. The molecule has 2 N–H and O–H groups in total. The third-order valence-corrected chi connectivity index (χ3v) is 4.57. The third-order valence-electron chi connectivity index (χ3n) is 2.57. The molecule has 0 aromatic heterocycles. The van der Waals surface area contributed by atoms with Gasteiger partial charge in [0, 0.05) is 12.6 Å². The Kier molecular flexibility index (Phi) is 3.67. The second kappa shape index (κ2) is 4.89. The zero-order valence-corrected chi connectivity index (χ0v) is 10.5. The molecule has 17 heavy (non-hydrogen) atoms. The summed E-state index contributed by atoms with van der Waals surface area (Å²) in [4.78, 5) is -0.0903. The lowest BCUT2D eigenvalue weighted by Crippen LogP contribution is -2.36. The molecule has 1 aromatic carbocycles. The van der Waals surface area contributed by atoms with Gasteiger partial charge < -0.3 is 5.32 Å². The van der Waals surface area contributed by atoms with Crippen LogP contribution in [0.5, 0.6) is 0 Å². The molecule has 1 atom stereocenters. The van der Waals surface area contributed by atoms with E-state index in [2.05, 4.69) is 10.0 Å². The van der Waals surface area contributed by atoms with Crippen molar-refractivity contribution in [3.63, 3.8) is 0 Å². The van der Waals surface area contributed by atoms with Crippen LogP contribution in [0.3, 0.4) is 0 Å². The molecule has 1 aromatic rings. The van der Waals surface area contributed by atoms with Crippen molar-refractivity contribution in [2.24, 2.45) is 0 Å². The fraction of sp³-hybridized carbons (Fsp3) is 0.400. The molecular formula is C10H12ClFN2O2S. The number of hydrogen-bond donors (Lipinski definition) is 2. The molecule has 4 nitrogen and oxygen atoms in total. The Bertz CT molecular complexity index is 515. The molecule has 1 aliphatic heterocycles. The first kappa shape index (κ1) is 12.8. The topological polar surface area (TPSA) is 58.2 Å². The summed E-state index contributed by atoms with van der Waals surface area (Å²) >= 11 is 5.72. The molecule has 0 amide bonds. The molecule has 0 radical (unpaired) electrons. The number of rotatable bonds is 3. The maximum Gasteiger partial charge on any atom is 0.242 e. The van der Waals surface area contributed by atoms with Gasteiger partial charge in [-0.3, -0.25) is 0 Å². The molecule has 0 saturated carbocycles. The molecule has 0 aliphatic carbocycles. The molecule has 1 fully saturated rings. The van der Waals surface area contributed by atoms with Gasteiger partial charge in [-0.25, -0.2) is 17.5 Å². The standard InChI is InChI=1S/C10H12ClFN2O2S/c11-9-5-7(12)1-2-10(9)17(15,16)14-8-3-4-13-6-8/h1-2,5,8,13-14H,3-4,6H2. The second-order valence-electron chi connectivity index (χ2n) is 3.89. The predicted octanol–water partition coefficient (Wildman–Crippen LogP) is 1.12. The van der Waals surface area contributed by atoms with Gasteiger partial charge in [0.25, 0.3) is 0 Å². The summed E-state index contributed by atoms with van der Waals surface area (Å²) in [6.07, 6.45) is 0.734. The average Bonchev–Trinajstić information content (AvgIpc) is 2.68. The van der Waals surface area contributed by atoms with Gasteiger partial charge in [-0.05, 0) is 31.2 Å². The zero-order valence-electron chi connectivity index (χ0n) is 8.91. The van der Waals surface area contributed by atoms with Crippen LogP contribution in [0, 0.1) is 5.82 Å². The number of sulfonamides is 1. The lowest BCUT2D eigenvalue weighted by Gasteiger charge is -2.12. The van der Waals surface area contributed by atoms with Crippen molar-refractivity contribution in [3.05, 3.63) is 29.0 Å². The van der Waals surface area contributed by atoms with E-state index in [0.29, 0.717) is 6.54 Å². The Morgan fingerprint density at radius 2 is 2.24 bits per heavy atom. The van der Waals surface area contributed by atoms with Crippen LogP contribution in [0.15, 0.2) is 23.1 Å². The van der Waals surface area contributed by atoms with E-state index in [0.717, 1.165) is 25.1 Å². The van der Waals surface area contributed by atoms with E-state index in [-0.39, 0.29) is 16.0 Å². The van der Waals surface area contributed by atoms with E-state index < -0.39 is 15.8 Å². The Morgan fingerprint density at radius 1 is 1.47 bits per heavy atom. The van der Waals surface area contributed by atoms with Crippen LogP contribution >= 0.6 is 11.6 Å². The molecule has 1 aliphatic rings. The van der Waals surface area contributed by atoms with Gasteiger partial charge in [0.15, 0.2) is 0 Å². The number of halogens is 2. The Labute approximate surface area is 104 Å². The van der Waals surface area contributed by atoms with Crippen LogP contribution in [0.4, 0.5) is 4.39 Å². The first-order valence-electron chi connectivity index (χ1n) is 5.17. The molecule has 2 rings (SSSR count). The molecule has 0 bridgehead atoms. The smallest absolute Gasteiger partial charge is 0.242 e.